The fourth-order valence-electron chi connectivity index (χ4n) is 7.70. The van der Waals surface area contributed by atoms with Gasteiger partial charge in [0.15, 0.2) is 0 Å². The molecule has 1 aromatic heterocycles. The van der Waals surface area contributed by atoms with E-state index >= 15 is 0 Å². The van der Waals surface area contributed by atoms with Crippen molar-refractivity contribution < 1.29 is 24.2 Å². The third-order valence-corrected chi connectivity index (χ3v) is 9.20. The van der Waals surface area contributed by atoms with Crippen LogP contribution in [0.15, 0.2) is 12.3 Å². The lowest BCUT2D eigenvalue weighted by Crippen LogP contribution is -2.59. The molecule has 5 fully saturated rings. The lowest BCUT2D eigenvalue weighted by atomic mass is 9.53. The maximum absolute atomic E-state index is 13.6. The van der Waals surface area contributed by atoms with E-state index < -0.39 is 17.4 Å². The maximum Gasteiger partial charge on any atom is 0.326 e. The van der Waals surface area contributed by atoms with Gasteiger partial charge in [0.05, 0.1) is 18.2 Å². The molecule has 39 heavy (non-hydrogen) atoms. The predicted molar refractivity (Wildman–Crippen MR) is 147 cm³/mol. The van der Waals surface area contributed by atoms with Crippen LogP contribution in [-0.2, 0) is 9.59 Å². The molecule has 0 aromatic carbocycles. The van der Waals surface area contributed by atoms with Crippen LogP contribution in [0.4, 0.5) is 0 Å². The Labute approximate surface area is 231 Å². The summed E-state index contributed by atoms with van der Waals surface area (Å²) in [6.07, 6.45) is 14.1. The highest BCUT2D eigenvalue weighted by Gasteiger charge is 2.51. The van der Waals surface area contributed by atoms with Crippen LogP contribution in [0.25, 0.3) is 6.20 Å². The van der Waals surface area contributed by atoms with Crippen LogP contribution in [0.5, 0.6) is 5.88 Å². The zero-order chi connectivity index (χ0) is 27.9. The molecule has 2 N–H and O–H groups in total. The van der Waals surface area contributed by atoms with Crippen LogP contribution in [0.1, 0.15) is 95.8 Å². The smallest absolute Gasteiger partial charge is 0.326 e. The molecule has 4 bridgehead atoms. The Bertz CT molecular complexity index is 1100. The zero-order valence-corrected chi connectivity index (χ0v) is 23.8. The first-order valence-electron chi connectivity index (χ1n) is 14.7. The van der Waals surface area contributed by atoms with Crippen molar-refractivity contribution in [3.63, 3.8) is 0 Å². The van der Waals surface area contributed by atoms with Gasteiger partial charge in [-0.1, -0.05) is 19.9 Å². The average Bonchev–Trinajstić information content (AvgIpc) is 3.27. The molecule has 5 aliphatic rings. The van der Waals surface area contributed by atoms with Gasteiger partial charge in [-0.05, 0) is 95.3 Å². The summed E-state index contributed by atoms with van der Waals surface area (Å²) in [6.45, 7) is 8.51. The fraction of sp³-hybridized carbons (Fsp3) is 0.733. The number of carboxylic acid groups (broad SMARTS) is 1. The first-order chi connectivity index (χ1) is 18.5. The van der Waals surface area contributed by atoms with E-state index in [0.717, 1.165) is 49.9 Å². The summed E-state index contributed by atoms with van der Waals surface area (Å²) in [6, 6.07) is -0.798. The number of nitrogens with one attached hydrogen (secondary N) is 1. The number of amides is 2. The Morgan fingerprint density at radius 3 is 2.38 bits per heavy atom. The number of hydrogen-bond donors (Lipinski definition) is 2. The highest BCUT2D eigenvalue weighted by Crippen LogP contribution is 2.55. The number of likely N-dealkylation sites (tertiary alicyclic amines) is 1. The number of nitrogens with zero attached hydrogens (tertiary/aromatic N) is 3. The van der Waals surface area contributed by atoms with Gasteiger partial charge in [0.1, 0.15) is 11.6 Å². The summed E-state index contributed by atoms with van der Waals surface area (Å²) < 4.78 is 7.64. The van der Waals surface area contributed by atoms with Crippen LogP contribution >= 0.6 is 0 Å². The molecule has 2 heterocycles. The number of carbonyl (C=O) groups excluding carboxylic acids is 2. The quantitative estimate of drug-likeness (QED) is 0.474. The second-order valence-corrected chi connectivity index (χ2v) is 13.6. The summed E-state index contributed by atoms with van der Waals surface area (Å²) in [4.78, 5) is 40.3. The fourth-order valence-corrected chi connectivity index (χ4v) is 7.70. The average molecular weight is 541 g/mol. The van der Waals surface area contributed by atoms with Crippen molar-refractivity contribution >= 4 is 24.0 Å². The minimum absolute atomic E-state index is 0.122. The van der Waals surface area contributed by atoms with Crippen LogP contribution in [0.2, 0.25) is 0 Å². The normalized spacial score (nSPS) is 30.2. The van der Waals surface area contributed by atoms with Crippen molar-refractivity contribution in [2.45, 2.75) is 97.1 Å². The van der Waals surface area contributed by atoms with Gasteiger partial charge in [-0.2, -0.15) is 5.10 Å². The standard InChI is InChI=1S/C30H44N4O5/c1-19(2)18-39-26-23(25(35)32-30-14-20-11-21(15-30)13-22(12-20)16-30)17-31-34(26)10-8-29(3,4)28(38)33-9-6-5-7-24(33)27(36)37/h8,10,17,19-22,24H,5-7,9,11-16,18H2,1-4H3,(H,32,35)(H,36,37)/b10-8+. The molecule has 9 heteroatoms. The van der Waals surface area contributed by atoms with Gasteiger partial charge in [-0.15, -0.1) is 0 Å². The van der Waals surface area contributed by atoms with E-state index in [0.29, 0.717) is 31.0 Å². The van der Waals surface area contributed by atoms with Crippen molar-refractivity contribution in [3.05, 3.63) is 17.8 Å². The Hall–Kier alpha value is -2.84. The summed E-state index contributed by atoms with van der Waals surface area (Å²) in [7, 11) is 0. The second kappa shape index (κ2) is 10.6. The highest BCUT2D eigenvalue weighted by molar-refractivity contribution is 5.97. The van der Waals surface area contributed by atoms with E-state index in [-0.39, 0.29) is 23.3 Å². The number of hydrogen-bond acceptors (Lipinski definition) is 5. The molecular formula is C30H44N4O5. The number of ether oxygens (including phenoxy) is 1. The van der Waals surface area contributed by atoms with E-state index in [1.54, 1.807) is 32.3 Å². The zero-order valence-electron chi connectivity index (χ0n) is 23.8. The second-order valence-electron chi connectivity index (χ2n) is 13.6. The van der Waals surface area contributed by atoms with Crippen molar-refractivity contribution in [2.24, 2.45) is 29.1 Å². The Morgan fingerprint density at radius 1 is 1.15 bits per heavy atom. The van der Waals surface area contributed by atoms with Crippen molar-refractivity contribution in [3.8, 4) is 5.88 Å². The number of piperidine rings is 1. The molecule has 2 amide bonds. The van der Waals surface area contributed by atoms with E-state index in [1.807, 2.05) is 13.8 Å². The molecule has 214 valence electrons. The predicted octanol–water partition coefficient (Wildman–Crippen LogP) is 4.58. The molecule has 6 rings (SSSR count). The molecule has 4 aliphatic carbocycles. The molecule has 1 unspecified atom stereocenters. The first kappa shape index (κ1) is 27.7. The molecule has 0 spiro atoms. The van der Waals surface area contributed by atoms with Crippen LogP contribution in [-0.4, -0.2) is 62.3 Å². The Morgan fingerprint density at radius 2 is 1.79 bits per heavy atom. The van der Waals surface area contributed by atoms with Crippen molar-refractivity contribution in [1.82, 2.24) is 20.0 Å². The largest absolute Gasteiger partial charge is 0.480 e. The van der Waals surface area contributed by atoms with Gasteiger partial charge in [-0.3, -0.25) is 9.59 Å². The van der Waals surface area contributed by atoms with Crippen molar-refractivity contribution in [2.75, 3.05) is 13.2 Å². The first-order valence-corrected chi connectivity index (χ1v) is 14.7. The third-order valence-electron chi connectivity index (χ3n) is 9.20. The van der Waals surface area contributed by atoms with E-state index in [1.165, 1.54) is 28.8 Å². The van der Waals surface area contributed by atoms with Crippen LogP contribution in [0, 0.1) is 29.1 Å². The number of rotatable bonds is 9. The number of carbonyl (C=O) groups is 3. The lowest BCUT2D eigenvalue weighted by molar-refractivity contribution is -0.155. The summed E-state index contributed by atoms with van der Waals surface area (Å²) in [5.41, 5.74) is -0.682. The number of carboxylic acids is 1. The molecule has 1 atom stereocenters. The Kier molecular flexibility index (Phi) is 7.55. The van der Waals surface area contributed by atoms with E-state index in [4.69, 9.17) is 4.74 Å². The molecule has 9 nitrogen and oxygen atoms in total. The van der Waals surface area contributed by atoms with Gasteiger partial charge in [-0.25, -0.2) is 9.48 Å². The number of aliphatic carboxylic acids is 1. The minimum Gasteiger partial charge on any atom is -0.480 e. The number of aromatic nitrogens is 2. The van der Waals surface area contributed by atoms with E-state index in [9.17, 15) is 19.5 Å². The molecule has 0 radical (unpaired) electrons. The molecule has 1 aromatic rings. The molecule has 4 saturated carbocycles. The van der Waals surface area contributed by atoms with Gasteiger partial charge >= 0.3 is 5.97 Å². The molecule has 1 aliphatic heterocycles. The third kappa shape index (κ3) is 5.73. The topological polar surface area (TPSA) is 114 Å². The summed E-state index contributed by atoms with van der Waals surface area (Å²) in [5, 5.41) is 17.5. The lowest BCUT2D eigenvalue weighted by Gasteiger charge is -2.56. The Balaban J connectivity index is 1.35. The van der Waals surface area contributed by atoms with Crippen LogP contribution < -0.4 is 10.1 Å². The van der Waals surface area contributed by atoms with Gasteiger partial charge in [0, 0.05) is 18.3 Å². The summed E-state index contributed by atoms with van der Waals surface area (Å²) in [5.74, 6) is 1.44. The highest BCUT2D eigenvalue weighted by atomic mass is 16.5. The monoisotopic (exact) mass is 540 g/mol. The van der Waals surface area contributed by atoms with Gasteiger partial charge in [0.25, 0.3) is 5.91 Å². The van der Waals surface area contributed by atoms with Gasteiger partial charge < -0.3 is 20.1 Å². The maximum atomic E-state index is 13.6. The van der Waals surface area contributed by atoms with Crippen LogP contribution in [0.3, 0.4) is 0 Å². The SMILES string of the molecule is CC(C)COc1c(C(=O)NC23CC4CC(CC(C4)C2)C3)cnn1/C=C/C(C)(C)C(=O)N1CCCCC1C(=O)O. The minimum atomic E-state index is -0.964. The van der Waals surface area contributed by atoms with E-state index in [2.05, 4.69) is 10.4 Å². The van der Waals surface area contributed by atoms with Gasteiger partial charge in [0.2, 0.25) is 11.8 Å². The molecule has 1 saturated heterocycles. The summed E-state index contributed by atoms with van der Waals surface area (Å²) >= 11 is 0. The molecular weight excluding hydrogens is 496 g/mol. The van der Waals surface area contributed by atoms with Crippen molar-refractivity contribution in [1.29, 1.82) is 0 Å².